The van der Waals surface area contributed by atoms with E-state index in [9.17, 15) is 4.79 Å². The van der Waals surface area contributed by atoms with Crippen LogP contribution in [0.3, 0.4) is 0 Å². The first-order chi connectivity index (χ1) is 13.1. The molecule has 0 aliphatic carbocycles. The van der Waals surface area contributed by atoms with Crippen LogP contribution in [0.5, 0.6) is 0 Å². The van der Waals surface area contributed by atoms with Crippen LogP contribution in [-0.4, -0.2) is 20.6 Å². The molecule has 1 heterocycles. The van der Waals surface area contributed by atoms with Gasteiger partial charge in [0.15, 0.2) is 5.11 Å². The van der Waals surface area contributed by atoms with Crippen molar-refractivity contribution in [3.05, 3.63) is 59.9 Å². The molecule has 27 heavy (non-hydrogen) atoms. The van der Waals surface area contributed by atoms with Gasteiger partial charge in [-0.3, -0.25) is 15.6 Å². The number of imidazole rings is 1. The quantitative estimate of drug-likeness (QED) is 0.468. The number of carbonyl (C=O) groups is 1. The van der Waals surface area contributed by atoms with Crippen LogP contribution in [0.15, 0.2) is 48.5 Å². The molecule has 3 rings (SSSR count). The topological polar surface area (TPSA) is 71.0 Å². The number of aryl methyl sites for hydroxylation is 2. The highest BCUT2D eigenvalue weighted by atomic mass is 32.1. The molecule has 1 amide bonds. The van der Waals surface area contributed by atoms with Crippen LogP contribution in [0.2, 0.25) is 0 Å². The van der Waals surface area contributed by atoms with E-state index >= 15 is 0 Å². The summed E-state index contributed by atoms with van der Waals surface area (Å²) in [5, 5.41) is 3.41. The lowest BCUT2D eigenvalue weighted by Gasteiger charge is -2.13. The van der Waals surface area contributed by atoms with Crippen molar-refractivity contribution in [1.29, 1.82) is 0 Å². The molecule has 3 aromatic rings. The lowest BCUT2D eigenvalue weighted by Crippen LogP contribution is -2.45. The number of rotatable bonds is 5. The second-order valence-electron chi connectivity index (χ2n) is 6.14. The first-order valence-corrected chi connectivity index (χ1v) is 9.40. The van der Waals surface area contributed by atoms with Crippen molar-refractivity contribution in [2.24, 2.45) is 0 Å². The number of nitrogens with zero attached hydrogens (tertiary/aromatic N) is 2. The Labute approximate surface area is 164 Å². The van der Waals surface area contributed by atoms with Crippen molar-refractivity contribution >= 4 is 40.0 Å². The minimum absolute atomic E-state index is 0.171. The fourth-order valence-electron chi connectivity index (χ4n) is 2.91. The molecular formula is C20H23N5OS. The van der Waals surface area contributed by atoms with Crippen molar-refractivity contribution in [2.45, 2.75) is 33.2 Å². The van der Waals surface area contributed by atoms with Crippen molar-refractivity contribution in [1.82, 2.24) is 20.4 Å². The number of aromatic nitrogens is 2. The average Bonchev–Trinajstić information content (AvgIpc) is 3.04. The van der Waals surface area contributed by atoms with Crippen LogP contribution in [0.25, 0.3) is 11.0 Å². The molecule has 0 spiro atoms. The van der Waals surface area contributed by atoms with Crippen LogP contribution in [0, 0.1) is 0 Å². The molecular weight excluding hydrogens is 358 g/mol. The molecule has 0 saturated heterocycles. The number of carbonyl (C=O) groups excluding carboxylic acids is 1. The van der Waals surface area contributed by atoms with Crippen molar-refractivity contribution in [3.8, 4) is 0 Å². The summed E-state index contributed by atoms with van der Waals surface area (Å²) >= 11 is 5.25. The number of para-hydroxylation sites is 2. The maximum atomic E-state index is 12.4. The van der Waals surface area contributed by atoms with Gasteiger partial charge in [0.25, 0.3) is 5.91 Å². The lowest BCUT2D eigenvalue weighted by atomic mass is 10.1. The molecule has 0 radical (unpaired) electrons. The maximum absolute atomic E-state index is 12.4. The highest BCUT2D eigenvalue weighted by molar-refractivity contribution is 7.80. The van der Waals surface area contributed by atoms with Crippen molar-refractivity contribution in [3.63, 3.8) is 0 Å². The van der Waals surface area contributed by atoms with Gasteiger partial charge in [0, 0.05) is 12.1 Å². The van der Waals surface area contributed by atoms with E-state index in [1.165, 1.54) is 5.56 Å². The molecule has 1 aromatic heterocycles. The third kappa shape index (κ3) is 4.62. The van der Waals surface area contributed by atoms with Gasteiger partial charge in [-0.1, -0.05) is 38.1 Å². The van der Waals surface area contributed by atoms with E-state index in [2.05, 4.69) is 34.1 Å². The molecule has 0 aliphatic heterocycles. The molecule has 0 fully saturated rings. The average molecular weight is 382 g/mol. The molecule has 0 atom stereocenters. The number of nitrogens with one attached hydrogen (secondary N) is 3. The van der Waals surface area contributed by atoms with Gasteiger partial charge in [-0.2, -0.15) is 0 Å². The van der Waals surface area contributed by atoms with Gasteiger partial charge in [0.1, 0.15) is 12.4 Å². The van der Waals surface area contributed by atoms with Gasteiger partial charge in [-0.05, 0) is 48.5 Å². The van der Waals surface area contributed by atoms with E-state index in [0.717, 1.165) is 35.4 Å². The summed E-state index contributed by atoms with van der Waals surface area (Å²) in [4.78, 5) is 16.9. The zero-order valence-corrected chi connectivity index (χ0v) is 16.3. The highest BCUT2D eigenvalue weighted by Crippen LogP contribution is 2.16. The Bertz CT molecular complexity index is 966. The zero-order valence-electron chi connectivity index (χ0n) is 15.5. The number of amides is 1. The normalized spacial score (nSPS) is 10.6. The van der Waals surface area contributed by atoms with Crippen LogP contribution >= 0.6 is 12.2 Å². The maximum Gasteiger partial charge on any atom is 0.258 e. The summed E-state index contributed by atoms with van der Waals surface area (Å²) in [7, 11) is 0. The van der Waals surface area contributed by atoms with E-state index in [-0.39, 0.29) is 12.5 Å². The van der Waals surface area contributed by atoms with Crippen LogP contribution in [0.4, 0.5) is 5.69 Å². The standard InChI is InChI=1S/C20H23N5OS/c1-3-14-8-7-9-15(12-14)21-20(27)24-23-19(26)13-25-17-11-6-5-10-16(17)22-18(25)4-2/h5-12H,3-4,13H2,1-2H3,(H,23,26)(H2,21,24,27). The zero-order chi connectivity index (χ0) is 19.2. The molecule has 0 bridgehead atoms. The second kappa shape index (κ2) is 8.64. The molecule has 2 aromatic carbocycles. The van der Waals surface area contributed by atoms with Gasteiger partial charge < -0.3 is 9.88 Å². The molecule has 0 saturated carbocycles. The number of benzene rings is 2. The first kappa shape index (κ1) is 18.8. The Morgan fingerprint density at radius 2 is 1.89 bits per heavy atom. The predicted molar refractivity (Wildman–Crippen MR) is 112 cm³/mol. The van der Waals surface area contributed by atoms with Gasteiger partial charge in [-0.15, -0.1) is 0 Å². The van der Waals surface area contributed by atoms with E-state index in [1.807, 2.05) is 54.0 Å². The number of hydrazine groups is 1. The van der Waals surface area contributed by atoms with Gasteiger partial charge in [0.05, 0.1) is 11.0 Å². The Hall–Kier alpha value is -2.93. The Morgan fingerprint density at radius 1 is 1.07 bits per heavy atom. The Kier molecular flexibility index (Phi) is 6.03. The van der Waals surface area contributed by atoms with Crippen LogP contribution in [-0.2, 0) is 24.2 Å². The third-order valence-electron chi connectivity index (χ3n) is 4.26. The van der Waals surface area contributed by atoms with E-state index < -0.39 is 0 Å². The largest absolute Gasteiger partial charge is 0.331 e. The number of fused-ring (bicyclic) bond motifs is 1. The lowest BCUT2D eigenvalue weighted by molar-refractivity contribution is -0.122. The summed E-state index contributed by atoms with van der Waals surface area (Å²) in [5.74, 6) is 0.683. The SMILES string of the molecule is CCc1cccc(NC(=S)NNC(=O)Cn2c(CC)nc3ccccc32)c1. The third-order valence-corrected chi connectivity index (χ3v) is 4.46. The summed E-state index contributed by atoms with van der Waals surface area (Å²) in [6.45, 7) is 4.29. The minimum atomic E-state index is -0.195. The van der Waals surface area contributed by atoms with Gasteiger partial charge in [0.2, 0.25) is 0 Å². The smallest absolute Gasteiger partial charge is 0.258 e. The van der Waals surface area contributed by atoms with E-state index in [1.54, 1.807) is 0 Å². The van der Waals surface area contributed by atoms with Gasteiger partial charge >= 0.3 is 0 Å². The number of hydrogen-bond acceptors (Lipinski definition) is 3. The Morgan fingerprint density at radius 3 is 2.67 bits per heavy atom. The molecule has 7 heteroatoms. The molecule has 0 aliphatic rings. The van der Waals surface area contributed by atoms with Crippen LogP contribution < -0.4 is 16.2 Å². The monoisotopic (exact) mass is 381 g/mol. The highest BCUT2D eigenvalue weighted by Gasteiger charge is 2.12. The van der Waals surface area contributed by atoms with Crippen LogP contribution in [0.1, 0.15) is 25.2 Å². The molecule has 6 nitrogen and oxygen atoms in total. The molecule has 0 unspecified atom stereocenters. The minimum Gasteiger partial charge on any atom is -0.331 e. The summed E-state index contributed by atoms with van der Waals surface area (Å²) in [6.07, 6.45) is 1.70. The first-order valence-electron chi connectivity index (χ1n) is 8.99. The van der Waals surface area contributed by atoms with Gasteiger partial charge in [-0.25, -0.2) is 4.98 Å². The number of thiocarbonyl (C=S) groups is 1. The fourth-order valence-corrected chi connectivity index (χ4v) is 3.08. The number of hydrogen-bond donors (Lipinski definition) is 3. The predicted octanol–water partition coefficient (Wildman–Crippen LogP) is 3.18. The van der Waals surface area contributed by atoms with E-state index in [0.29, 0.717) is 5.11 Å². The van der Waals surface area contributed by atoms with Crippen molar-refractivity contribution in [2.75, 3.05) is 5.32 Å². The molecule has 3 N–H and O–H groups in total. The Balaban J connectivity index is 1.59. The van der Waals surface area contributed by atoms with E-state index in [4.69, 9.17) is 12.2 Å². The fraction of sp³-hybridized carbons (Fsp3) is 0.250. The summed E-state index contributed by atoms with van der Waals surface area (Å²) in [5.41, 5.74) is 9.33. The van der Waals surface area contributed by atoms with Crippen molar-refractivity contribution < 1.29 is 4.79 Å². The summed E-state index contributed by atoms with van der Waals surface area (Å²) < 4.78 is 1.92. The number of anilines is 1. The second-order valence-corrected chi connectivity index (χ2v) is 6.55. The summed E-state index contributed by atoms with van der Waals surface area (Å²) in [6, 6.07) is 15.8. The molecule has 140 valence electrons.